The molecule has 0 saturated carbocycles. The van der Waals surface area contributed by atoms with Gasteiger partial charge in [0, 0.05) is 6.54 Å². The Labute approximate surface area is 92.2 Å². The number of carbonyl (C=O) groups is 2. The molecule has 1 aliphatic rings. The Morgan fingerprint density at radius 2 is 2.00 bits per heavy atom. The number of aliphatic carboxylic acids is 1. The molecule has 1 atom stereocenters. The highest BCUT2D eigenvalue weighted by molar-refractivity contribution is 5.86. The SMILES string of the molecule is CC1(C)CCCN(C(=O)C(F)F)C1C(=O)O. The van der Waals surface area contributed by atoms with Gasteiger partial charge in [-0.25, -0.2) is 4.79 Å². The number of piperidine rings is 1. The van der Waals surface area contributed by atoms with E-state index in [9.17, 15) is 18.4 Å². The van der Waals surface area contributed by atoms with Crippen molar-refractivity contribution in [1.29, 1.82) is 0 Å². The number of nitrogens with zero attached hydrogens (tertiary/aromatic N) is 1. The van der Waals surface area contributed by atoms with Crippen molar-refractivity contribution in [3.8, 4) is 0 Å². The molecule has 0 aromatic heterocycles. The molecule has 1 N–H and O–H groups in total. The van der Waals surface area contributed by atoms with Gasteiger partial charge in [0.15, 0.2) is 0 Å². The normalized spacial score (nSPS) is 24.6. The predicted molar refractivity (Wildman–Crippen MR) is 52.2 cm³/mol. The van der Waals surface area contributed by atoms with Crippen LogP contribution in [0.25, 0.3) is 0 Å². The molecule has 0 radical (unpaired) electrons. The lowest BCUT2D eigenvalue weighted by Gasteiger charge is -2.43. The lowest BCUT2D eigenvalue weighted by Crippen LogP contribution is -2.57. The van der Waals surface area contributed by atoms with Crippen LogP contribution in [-0.4, -0.2) is 40.9 Å². The first-order valence-corrected chi connectivity index (χ1v) is 5.09. The zero-order chi connectivity index (χ0) is 12.5. The van der Waals surface area contributed by atoms with Gasteiger partial charge in [-0.2, -0.15) is 8.78 Å². The number of rotatable bonds is 2. The second-order valence-electron chi connectivity index (χ2n) is 4.67. The van der Waals surface area contributed by atoms with Crippen molar-refractivity contribution >= 4 is 11.9 Å². The highest BCUT2D eigenvalue weighted by Gasteiger charge is 2.46. The van der Waals surface area contributed by atoms with Crippen LogP contribution in [0.2, 0.25) is 0 Å². The van der Waals surface area contributed by atoms with E-state index >= 15 is 0 Å². The van der Waals surface area contributed by atoms with Crippen LogP contribution in [0.4, 0.5) is 8.78 Å². The largest absolute Gasteiger partial charge is 0.480 e. The van der Waals surface area contributed by atoms with Crippen LogP contribution in [-0.2, 0) is 9.59 Å². The molecule has 16 heavy (non-hydrogen) atoms. The maximum absolute atomic E-state index is 12.3. The van der Waals surface area contributed by atoms with Crippen LogP contribution < -0.4 is 0 Å². The molecule has 0 aliphatic carbocycles. The number of carboxylic acids is 1. The fourth-order valence-electron chi connectivity index (χ4n) is 2.22. The Kier molecular flexibility index (Phi) is 3.50. The van der Waals surface area contributed by atoms with Crippen LogP contribution in [0.1, 0.15) is 26.7 Å². The number of hydrogen-bond donors (Lipinski definition) is 1. The first kappa shape index (κ1) is 12.9. The second kappa shape index (κ2) is 4.35. The summed E-state index contributed by atoms with van der Waals surface area (Å²) in [5, 5.41) is 9.04. The summed E-state index contributed by atoms with van der Waals surface area (Å²) in [5.74, 6) is -2.61. The maximum atomic E-state index is 12.3. The van der Waals surface area contributed by atoms with E-state index in [0.717, 1.165) is 4.90 Å². The Hall–Kier alpha value is -1.20. The van der Waals surface area contributed by atoms with Crippen molar-refractivity contribution in [3.63, 3.8) is 0 Å². The van der Waals surface area contributed by atoms with Gasteiger partial charge in [0.05, 0.1) is 0 Å². The molecule has 92 valence electrons. The van der Waals surface area contributed by atoms with Gasteiger partial charge < -0.3 is 10.0 Å². The standard InChI is InChI=1S/C10H15F2NO3/c1-10(2)4-3-5-13(6(10)9(15)16)8(14)7(11)12/h6-7H,3-5H2,1-2H3,(H,15,16). The van der Waals surface area contributed by atoms with Crippen LogP contribution in [0.3, 0.4) is 0 Å². The van der Waals surface area contributed by atoms with E-state index in [1.807, 2.05) is 0 Å². The van der Waals surface area contributed by atoms with Gasteiger partial charge in [0.25, 0.3) is 5.91 Å². The topological polar surface area (TPSA) is 57.6 Å². The van der Waals surface area contributed by atoms with E-state index < -0.39 is 29.8 Å². The lowest BCUT2D eigenvalue weighted by molar-refractivity contribution is -0.164. The van der Waals surface area contributed by atoms with Crippen LogP contribution in [0, 0.1) is 5.41 Å². The van der Waals surface area contributed by atoms with Gasteiger partial charge in [-0.1, -0.05) is 13.8 Å². The molecule has 0 aromatic carbocycles. The number of alkyl halides is 2. The Morgan fingerprint density at radius 3 is 2.44 bits per heavy atom. The smallest absolute Gasteiger partial charge is 0.326 e. The summed E-state index contributed by atoms with van der Waals surface area (Å²) in [7, 11) is 0. The highest BCUT2D eigenvalue weighted by atomic mass is 19.3. The predicted octanol–water partition coefficient (Wildman–Crippen LogP) is 1.35. The third-order valence-corrected chi connectivity index (χ3v) is 2.98. The van der Waals surface area contributed by atoms with E-state index in [-0.39, 0.29) is 6.54 Å². The molecule has 1 aliphatic heterocycles. The zero-order valence-corrected chi connectivity index (χ0v) is 9.24. The second-order valence-corrected chi connectivity index (χ2v) is 4.67. The molecule has 1 saturated heterocycles. The summed E-state index contributed by atoms with van der Waals surface area (Å²) in [6, 6.07) is -1.16. The first-order valence-electron chi connectivity index (χ1n) is 5.09. The van der Waals surface area contributed by atoms with Gasteiger partial charge in [-0.05, 0) is 18.3 Å². The van der Waals surface area contributed by atoms with E-state index in [0.29, 0.717) is 12.8 Å². The van der Waals surface area contributed by atoms with Gasteiger partial charge in [0.1, 0.15) is 6.04 Å². The van der Waals surface area contributed by atoms with Crippen molar-refractivity contribution in [2.75, 3.05) is 6.54 Å². The van der Waals surface area contributed by atoms with Crippen molar-refractivity contribution in [3.05, 3.63) is 0 Å². The molecule has 1 rings (SSSR count). The third-order valence-electron chi connectivity index (χ3n) is 2.98. The van der Waals surface area contributed by atoms with Crippen molar-refractivity contribution in [2.24, 2.45) is 5.41 Å². The number of carboxylic acid groups (broad SMARTS) is 1. The average Bonchev–Trinajstić information content (AvgIpc) is 2.13. The number of likely N-dealkylation sites (tertiary alicyclic amines) is 1. The quantitative estimate of drug-likeness (QED) is 0.786. The maximum Gasteiger partial charge on any atom is 0.326 e. The Morgan fingerprint density at radius 1 is 1.44 bits per heavy atom. The molecule has 4 nitrogen and oxygen atoms in total. The molecular weight excluding hydrogens is 220 g/mol. The molecule has 6 heteroatoms. The summed E-state index contributed by atoms with van der Waals surface area (Å²) in [5.41, 5.74) is -0.672. The minimum Gasteiger partial charge on any atom is -0.480 e. The average molecular weight is 235 g/mol. The van der Waals surface area contributed by atoms with E-state index in [4.69, 9.17) is 5.11 Å². The molecule has 0 spiro atoms. The number of carbonyl (C=O) groups excluding carboxylic acids is 1. The number of amides is 1. The molecular formula is C10H15F2NO3. The third kappa shape index (κ3) is 2.31. The summed E-state index contributed by atoms with van der Waals surface area (Å²) < 4.78 is 24.6. The molecule has 1 unspecified atom stereocenters. The summed E-state index contributed by atoms with van der Waals surface area (Å²) >= 11 is 0. The minimum absolute atomic E-state index is 0.0869. The molecule has 0 aromatic rings. The number of hydrogen-bond acceptors (Lipinski definition) is 2. The Balaban J connectivity index is 2.98. The Bertz CT molecular complexity index is 304. The van der Waals surface area contributed by atoms with Crippen molar-refractivity contribution in [1.82, 2.24) is 4.90 Å². The zero-order valence-electron chi connectivity index (χ0n) is 9.24. The highest BCUT2D eigenvalue weighted by Crippen LogP contribution is 2.35. The van der Waals surface area contributed by atoms with E-state index in [1.54, 1.807) is 13.8 Å². The van der Waals surface area contributed by atoms with Gasteiger partial charge in [0.2, 0.25) is 0 Å². The summed E-state index contributed by atoms with van der Waals surface area (Å²) in [6.45, 7) is 3.44. The molecule has 1 amide bonds. The van der Waals surface area contributed by atoms with Gasteiger partial charge in [-0.3, -0.25) is 4.79 Å². The van der Waals surface area contributed by atoms with Gasteiger partial charge >= 0.3 is 12.4 Å². The fraction of sp³-hybridized carbons (Fsp3) is 0.800. The minimum atomic E-state index is -3.14. The van der Waals surface area contributed by atoms with E-state index in [2.05, 4.69) is 0 Å². The van der Waals surface area contributed by atoms with Crippen molar-refractivity contribution < 1.29 is 23.5 Å². The summed E-state index contributed by atoms with van der Waals surface area (Å²) in [6.07, 6.45) is -1.98. The van der Waals surface area contributed by atoms with Crippen LogP contribution in [0.5, 0.6) is 0 Å². The van der Waals surface area contributed by atoms with Crippen molar-refractivity contribution in [2.45, 2.75) is 39.2 Å². The molecule has 0 bridgehead atoms. The monoisotopic (exact) mass is 235 g/mol. The van der Waals surface area contributed by atoms with Gasteiger partial charge in [-0.15, -0.1) is 0 Å². The van der Waals surface area contributed by atoms with Crippen LogP contribution in [0.15, 0.2) is 0 Å². The number of halogens is 2. The lowest BCUT2D eigenvalue weighted by atomic mass is 9.76. The summed E-state index contributed by atoms with van der Waals surface area (Å²) in [4.78, 5) is 23.1. The van der Waals surface area contributed by atoms with Crippen LogP contribution >= 0.6 is 0 Å². The first-order chi connectivity index (χ1) is 7.27. The fourth-order valence-corrected chi connectivity index (χ4v) is 2.22. The van der Waals surface area contributed by atoms with E-state index in [1.165, 1.54) is 0 Å². The molecule has 1 fully saturated rings. The molecule has 1 heterocycles.